The second-order valence-electron chi connectivity index (χ2n) is 10.5. The van der Waals surface area contributed by atoms with Crippen LogP contribution in [0.3, 0.4) is 0 Å². The summed E-state index contributed by atoms with van der Waals surface area (Å²) in [4.78, 5) is 51.2. The van der Waals surface area contributed by atoms with Crippen LogP contribution in [0, 0.1) is 0 Å². The van der Waals surface area contributed by atoms with E-state index in [9.17, 15) is 27.9 Å². The van der Waals surface area contributed by atoms with Gasteiger partial charge in [-0.1, -0.05) is 22.3 Å². The molecule has 2 aromatic heterocycles. The van der Waals surface area contributed by atoms with Gasteiger partial charge in [0.25, 0.3) is 17.9 Å². The van der Waals surface area contributed by atoms with E-state index in [2.05, 4.69) is 30.0 Å². The van der Waals surface area contributed by atoms with E-state index in [0.29, 0.717) is 29.9 Å². The fraction of sp³-hybridized carbons (Fsp3) is 0.346. The van der Waals surface area contributed by atoms with Gasteiger partial charge in [0.1, 0.15) is 30.3 Å². The number of oxime groups is 1. The van der Waals surface area contributed by atoms with E-state index in [4.69, 9.17) is 25.6 Å². The van der Waals surface area contributed by atoms with E-state index in [1.807, 2.05) is 17.8 Å². The van der Waals surface area contributed by atoms with Gasteiger partial charge in [0, 0.05) is 17.5 Å². The highest BCUT2D eigenvalue weighted by Gasteiger charge is 2.58. The molecule has 3 heterocycles. The number of ether oxygens (including phenoxy) is 1. The van der Waals surface area contributed by atoms with Crippen molar-refractivity contribution >= 4 is 56.3 Å². The number of aryl methyl sites for hydroxylation is 1. The molecule has 1 saturated heterocycles. The molecule has 1 aromatic carbocycles. The number of rotatable bonds is 15. The lowest BCUT2D eigenvalue weighted by atomic mass is 9.84. The topological polar surface area (TPSA) is 275 Å². The molecule has 0 radical (unpaired) electrons. The number of carboxylic acid groups (broad SMARTS) is 1. The third kappa shape index (κ3) is 8.45. The summed E-state index contributed by atoms with van der Waals surface area (Å²) in [5.74, 6) is -2.52. The number of carboxylic acids is 1. The smallest absolute Gasteiger partial charge is 0.418 e. The average molecular weight is 695 g/mol. The number of carbonyl (C=O) groups is 3. The van der Waals surface area contributed by atoms with Crippen molar-refractivity contribution in [1.82, 2.24) is 20.3 Å². The summed E-state index contributed by atoms with van der Waals surface area (Å²) in [5.41, 5.74) is 10.8. The van der Waals surface area contributed by atoms with Gasteiger partial charge in [-0.05, 0) is 31.5 Å². The molecule has 1 aliphatic heterocycles. The summed E-state index contributed by atoms with van der Waals surface area (Å²) >= 11 is 0.954. The largest absolute Gasteiger partial charge is 0.489 e. The van der Waals surface area contributed by atoms with Gasteiger partial charge in [-0.25, -0.2) is 14.3 Å². The average Bonchev–Trinajstić information content (AvgIpc) is 3.44. The molecule has 2 atom stereocenters. The lowest BCUT2D eigenvalue weighted by Crippen LogP contribution is -2.76. The first-order chi connectivity index (χ1) is 22.1. The lowest BCUT2D eigenvalue weighted by molar-refractivity contribution is -0.659. The first-order valence-corrected chi connectivity index (χ1v) is 15.9. The number of nitrogens with one attached hydrogen (secondary N) is 2. The van der Waals surface area contributed by atoms with E-state index >= 15 is 0 Å². The molecule has 19 nitrogen and oxygen atoms in total. The van der Waals surface area contributed by atoms with Gasteiger partial charge in [-0.2, -0.15) is 13.5 Å². The highest BCUT2D eigenvalue weighted by atomic mass is 32.3. The molecule has 4 rings (SSSR count). The van der Waals surface area contributed by atoms with Crippen molar-refractivity contribution < 1.29 is 50.9 Å². The van der Waals surface area contributed by atoms with Crippen molar-refractivity contribution in [1.29, 1.82) is 0 Å². The minimum Gasteiger partial charge on any atom is -0.489 e. The van der Waals surface area contributed by atoms with E-state index in [0.717, 1.165) is 22.5 Å². The van der Waals surface area contributed by atoms with Gasteiger partial charge in [-0.15, -0.1) is 15.6 Å². The van der Waals surface area contributed by atoms with Crippen LogP contribution >= 0.6 is 11.3 Å². The molecule has 0 bridgehead atoms. The van der Waals surface area contributed by atoms with Gasteiger partial charge in [0.05, 0.1) is 25.3 Å². The van der Waals surface area contributed by atoms with E-state index in [1.54, 1.807) is 30.5 Å². The van der Waals surface area contributed by atoms with Crippen LogP contribution in [0.25, 0.3) is 11.1 Å². The van der Waals surface area contributed by atoms with Crippen molar-refractivity contribution in [2.45, 2.75) is 31.5 Å². The number of hydrogen-bond acceptors (Lipinski definition) is 15. The van der Waals surface area contributed by atoms with Gasteiger partial charge in [-0.3, -0.25) is 19.5 Å². The number of thiazole rings is 1. The lowest BCUT2D eigenvalue weighted by Gasteiger charge is -2.50. The van der Waals surface area contributed by atoms with Crippen LogP contribution in [0.2, 0.25) is 0 Å². The fourth-order valence-corrected chi connectivity index (χ4v) is 5.23. The molecule has 8 N–H and O–H groups in total. The maximum absolute atomic E-state index is 13.2. The SMILES string of the molecule is C[n+]1cc(-c2ccc(OC[C@H](O/N=C(\C(=O)N[C@@H]3C(=O)N(OS(=O)(=O)O)C3(C)C)c3csc(N)n3)C(=O)O)cc2)cnc1NCCN. The van der Waals surface area contributed by atoms with E-state index < -0.39 is 58.2 Å². The second kappa shape index (κ2) is 14.2. The molecule has 252 valence electrons. The number of aromatic nitrogens is 3. The molecule has 47 heavy (non-hydrogen) atoms. The molecular formula is C26H32N9O10S2+. The Morgan fingerprint density at radius 2 is 1.96 bits per heavy atom. The number of hydrogen-bond donors (Lipinski definition) is 6. The number of anilines is 2. The van der Waals surface area contributed by atoms with Crippen molar-refractivity contribution in [3.63, 3.8) is 0 Å². The first kappa shape index (κ1) is 34.9. The molecule has 3 aromatic rings. The van der Waals surface area contributed by atoms with Gasteiger partial charge in [0.2, 0.25) is 0 Å². The number of nitrogens with zero attached hydrogens (tertiary/aromatic N) is 5. The first-order valence-electron chi connectivity index (χ1n) is 13.6. The number of amides is 2. The zero-order chi connectivity index (χ0) is 34.5. The molecule has 1 fully saturated rings. The number of carbonyl (C=O) groups excluding carboxylic acids is 2. The van der Waals surface area contributed by atoms with Crippen LogP contribution in [-0.2, 0) is 41.0 Å². The molecular weight excluding hydrogens is 662 g/mol. The van der Waals surface area contributed by atoms with E-state index in [-0.39, 0.29) is 10.8 Å². The van der Waals surface area contributed by atoms with Crippen LogP contribution in [0.1, 0.15) is 19.5 Å². The molecule has 0 saturated carbocycles. The summed E-state index contributed by atoms with van der Waals surface area (Å²) in [6, 6.07) is 5.44. The number of nitrogen functional groups attached to an aromatic ring is 1. The Balaban J connectivity index is 1.44. The Bertz CT molecular complexity index is 1780. The fourth-order valence-electron chi connectivity index (χ4n) is 4.23. The Hall–Kier alpha value is -4.96. The molecule has 0 aliphatic carbocycles. The predicted octanol–water partition coefficient (Wildman–Crippen LogP) is -0.925. The minimum atomic E-state index is -5.02. The summed E-state index contributed by atoms with van der Waals surface area (Å²) in [6.45, 7) is 3.24. The predicted molar refractivity (Wildman–Crippen MR) is 165 cm³/mol. The zero-order valence-electron chi connectivity index (χ0n) is 25.2. The van der Waals surface area contributed by atoms with Crippen molar-refractivity contribution in [2.24, 2.45) is 17.9 Å². The summed E-state index contributed by atoms with van der Waals surface area (Å²) in [7, 11) is -3.18. The second-order valence-corrected chi connectivity index (χ2v) is 12.4. The van der Waals surface area contributed by atoms with Crippen LogP contribution in [0.5, 0.6) is 5.75 Å². The van der Waals surface area contributed by atoms with Crippen LogP contribution in [0.15, 0.2) is 47.2 Å². The summed E-state index contributed by atoms with van der Waals surface area (Å²) < 4.78 is 42.8. The standard InChI is InChI=1S/C26H31N9O10S2/c1-26(2)20(22(37)35(26)45-47(40,41)42)32-21(36)19(17-13-46-24(28)31-17)33-44-18(23(38)39)12-43-16-6-4-14(5-7-16)15-10-30-25(29-9-8-27)34(3)11-15/h4-7,10-11,13,18,20H,8-9,12,27H2,1-3H3,(H5,28,31,32,36,38,39,40,41,42)/p+1/b33-19-/t18-,20+/m0/s1. The van der Waals surface area contributed by atoms with Gasteiger partial charge in [0.15, 0.2) is 10.8 Å². The maximum atomic E-state index is 13.2. The molecule has 2 amide bonds. The maximum Gasteiger partial charge on any atom is 0.418 e. The van der Waals surface area contributed by atoms with Crippen molar-refractivity contribution in [3.8, 4) is 16.9 Å². The highest BCUT2D eigenvalue weighted by Crippen LogP contribution is 2.33. The van der Waals surface area contributed by atoms with Crippen LogP contribution in [-0.4, -0.2) is 94.0 Å². The number of hydroxylamine groups is 2. The third-order valence-corrected chi connectivity index (χ3v) is 7.67. The number of nitrogens with two attached hydrogens (primary N) is 2. The highest BCUT2D eigenvalue weighted by molar-refractivity contribution is 7.80. The minimum absolute atomic E-state index is 0.0542. The molecule has 1 aliphatic rings. The molecule has 0 unspecified atom stereocenters. The zero-order valence-corrected chi connectivity index (χ0v) is 26.8. The summed E-state index contributed by atoms with van der Waals surface area (Å²) in [5, 5.41) is 20.7. The normalized spacial score (nSPS) is 16.6. The third-order valence-electron chi connectivity index (χ3n) is 6.66. The monoisotopic (exact) mass is 694 g/mol. The molecule has 21 heteroatoms. The Kier molecular flexibility index (Phi) is 10.6. The number of benzene rings is 1. The quantitative estimate of drug-likeness (QED) is 0.0369. The van der Waals surface area contributed by atoms with Gasteiger partial charge < -0.3 is 31.5 Å². The Morgan fingerprint density at radius 3 is 2.51 bits per heavy atom. The Labute approximate surface area is 272 Å². The number of β-lactam (4-membered cyclic amide) rings is 1. The molecule has 0 spiro atoms. The number of aliphatic carboxylic acids is 1. The van der Waals surface area contributed by atoms with Crippen molar-refractivity contribution in [2.75, 3.05) is 30.7 Å². The van der Waals surface area contributed by atoms with Crippen LogP contribution in [0.4, 0.5) is 11.1 Å². The van der Waals surface area contributed by atoms with Crippen molar-refractivity contribution in [3.05, 3.63) is 47.7 Å². The van der Waals surface area contributed by atoms with E-state index in [1.165, 1.54) is 19.2 Å². The van der Waals surface area contributed by atoms with Crippen LogP contribution < -0.4 is 31.4 Å². The Morgan fingerprint density at radius 1 is 1.26 bits per heavy atom. The van der Waals surface area contributed by atoms with Gasteiger partial charge >= 0.3 is 22.3 Å². The summed E-state index contributed by atoms with van der Waals surface area (Å²) in [6.07, 6.45) is 1.88.